The van der Waals surface area contributed by atoms with E-state index in [0.717, 1.165) is 10.0 Å². The lowest BCUT2D eigenvalue weighted by molar-refractivity contribution is -0.120. The van der Waals surface area contributed by atoms with Crippen molar-refractivity contribution in [2.24, 2.45) is 0 Å². The second-order valence-corrected chi connectivity index (χ2v) is 5.17. The fraction of sp³-hybridized carbons (Fsp3) is 0.364. The van der Waals surface area contributed by atoms with Gasteiger partial charge < -0.3 is 0 Å². The summed E-state index contributed by atoms with van der Waals surface area (Å²) in [6, 6.07) is 7.87. The smallest absolute Gasteiger partial charge is 0.153 e. The van der Waals surface area contributed by atoms with E-state index in [2.05, 4.69) is 31.9 Å². The average molecular weight is 320 g/mol. The molecule has 1 aromatic carbocycles. The predicted molar refractivity (Wildman–Crippen MR) is 66.0 cm³/mol. The number of ketones is 1. The topological polar surface area (TPSA) is 17.1 Å². The maximum absolute atomic E-state index is 11.7. The van der Waals surface area contributed by atoms with Gasteiger partial charge in [0.2, 0.25) is 0 Å². The molecule has 1 nitrogen and oxygen atoms in total. The largest absolute Gasteiger partial charge is 0.298 e. The van der Waals surface area contributed by atoms with Crippen molar-refractivity contribution in [1.29, 1.82) is 0 Å². The Labute approximate surface area is 101 Å². The molecule has 0 spiro atoms. The van der Waals surface area contributed by atoms with Crippen LogP contribution in [0.15, 0.2) is 28.7 Å². The van der Waals surface area contributed by atoms with Crippen LogP contribution in [0.3, 0.4) is 0 Å². The van der Waals surface area contributed by atoms with Crippen LogP contribution in [0.4, 0.5) is 0 Å². The quantitative estimate of drug-likeness (QED) is 0.777. The maximum Gasteiger partial charge on any atom is 0.153 e. The summed E-state index contributed by atoms with van der Waals surface area (Å²) in [4.78, 5) is 11.7. The van der Waals surface area contributed by atoms with Crippen LogP contribution in [-0.2, 0) is 10.2 Å². The average Bonchev–Trinajstić information content (AvgIpc) is 2.17. The van der Waals surface area contributed by atoms with Gasteiger partial charge in [0.05, 0.1) is 5.33 Å². The molecule has 0 atom stereocenters. The molecule has 0 aliphatic rings. The molecule has 3 heteroatoms. The molecule has 76 valence electrons. The number of halogens is 2. The first-order chi connectivity index (χ1) is 6.48. The standard InChI is InChI=1S/C11H12Br2O/c1-11(2,10(14)7-12)8-3-5-9(13)6-4-8/h3-6H,7H2,1-2H3. The van der Waals surface area contributed by atoms with Crippen LogP contribution in [0.25, 0.3) is 0 Å². The van der Waals surface area contributed by atoms with Crippen molar-refractivity contribution in [3.05, 3.63) is 34.3 Å². The third-order valence-corrected chi connectivity index (χ3v) is 3.42. The van der Waals surface area contributed by atoms with Crippen LogP contribution >= 0.6 is 31.9 Å². The molecule has 0 fully saturated rings. The summed E-state index contributed by atoms with van der Waals surface area (Å²) in [6.07, 6.45) is 0. The maximum atomic E-state index is 11.7. The fourth-order valence-corrected chi connectivity index (χ4v) is 2.16. The highest BCUT2D eigenvalue weighted by atomic mass is 79.9. The third kappa shape index (κ3) is 2.45. The number of hydrogen-bond donors (Lipinski definition) is 0. The molecule has 0 saturated heterocycles. The summed E-state index contributed by atoms with van der Waals surface area (Å²) >= 11 is 6.58. The Morgan fingerprint density at radius 3 is 2.21 bits per heavy atom. The Morgan fingerprint density at radius 1 is 1.29 bits per heavy atom. The molecule has 0 amide bonds. The highest BCUT2D eigenvalue weighted by molar-refractivity contribution is 9.10. The van der Waals surface area contributed by atoms with Gasteiger partial charge in [-0.25, -0.2) is 0 Å². The van der Waals surface area contributed by atoms with Crippen molar-refractivity contribution in [2.45, 2.75) is 19.3 Å². The van der Waals surface area contributed by atoms with Crippen molar-refractivity contribution >= 4 is 37.6 Å². The Balaban J connectivity index is 3.03. The lowest BCUT2D eigenvalue weighted by atomic mass is 9.81. The van der Waals surface area contributed by atoms with E-state index < -0.39 is 5.41 Å². The van der Waals surface area contributed by atoms with Crippen LogP contribution in [0, 0.1) is 0 Å². The minimum atomic E-state index is -0.412. The minimum absolute atomic E-state index is 0.194. The van der Waals surface area contributed by atoms with E-state index in [1.807, 2.05) is 38.1 Å². The zero-order chi connectivity index (χ0) is 10.8. The normalized spacial score (nSPS) is 11.4. The zero-order valence-electron chi connectivity index (χ0n) is 8.18. The molecule has 1 rings (SSSR count). The van der Waals surface area contributed by atoms with Crippen LogP contribution < -0.4 is 0 Å². The second kappa shape index (κ2) is 4.58. The number of carbonyl (C=O) groups is 1. The van der Waals surface area contributed by atoms with Gasteiger partial charge in [-0.2, -0.15) is 0 Å². The van der Waals surface area contributed by atoms with Crippen molar-refractivity contribution in [3.8, 4) is 0 Å². The Morgan fingerprint density at radius 2 is 1.79 bits per heavy atom. The molecule has 0 aliphatic carbocycles. The zero-order valence-corrected chi connectivity index (χ0v) is 11.4. The third-order valence-electron chi connectivity index (χ3n) is 2.38. The monoisotopic (exact) mass is 318 g/mol. The van der Waals surface area contributed by atoms with E-state index in [-0.39, 0.29) is 5.78 Å². The molecule has 14 heavy (non-hydrogen) atoms. The van der Waals surface area contributed by atoms with E-state index in [0.29, 0.717) is 5.33 Å². The van der Waals surface area contributed by atoms with Gasteiger partial charge in [0.1, 0.15) is 0 Å². The Bertz CT molecular complexity index is 328. The highest BCUT2D eigenvalue weighted by Crippen LogP contribution is 2.26. The van der Waals surface area contributed by atoms with Crippen LogP contribution in [0.5, 0.6) is 0 Å². The molecule has 0 saturated carbocycles. The van der Waals surface area contributed by atoms with Crippen LogP contribution in [0.1, 0.15) is 19.4 Å². The molecule has 0 aliphatic heterocycles. The molecule has 0 heterocycles. The summed E-state index contributed by atoms with van der Waals surface area (Å²) in [5.41, 5.74) is 0.634. The van der Waals surface area contributed by atoms with Gasteiger partial charge >= 0.3 is 0 Å². The van der Waals surface area contributed by atoms with E-state index in [4.69, 9.17) is 0 Å². The summed E-state index contributed by atoms with van der Waals surface area (Å²) in [5.74, 6) is 0.194. The second-order valence-electron chi connectivity index (χ2n) is 3.69. The van der Waals surface area contributed by atoms with Gasteiger partial charge in [-0.1, -0.05) is 44.0 Å². The first-order valence-electron chi connectivity index (χ1n) is 4.34. The molecule has 0 radical (unpaired) electrons. The number of alkyl halides is 1. The first-order valence-corrected chi connectivity index (χ1v) is 6.25. The molecular formula is C11H12Br2O. The van der Waals surface area contributed by atoms with Crippen molar-refractivity contribution in [1.82, 2.24) is 0 Å². The van der Waals surface area contributed by atoms with Crippen molar-refractivity contribution in [2.75, 3.05) is 5.33 Å². The summed E-state index contributed by atoms with van der Waals surface area (Å²) in [5, 5.41) is 0.399. The molecular weight excluding hydrogens is 308 g/mol. The fourth-order valence-electron chi connectivity index (χ4n) is 1.19. The molecule has 0 unspecified atom stereocenters. The Hall–Kier alpha value is -0.150. The van der Waals surface area contributed by atoms with Crippen molar-refractivity contribution in [3.63, 3.8) is 0 Å². The van der Waals surface area contributed by atoms with Gasteiger partial charge in [0.25, 0.3) is 0 Å². The predicted octanol–water partition coefficient (Wildman–Crippen LogP) is 3.69. The van der Waals surface area contributed by atoms with Gasteiger partial charge in [-0.3, -0.25) is 4.79 Å². The molecule has 0 bridgehead atoms. The van der Waals surface area contributed by atoms with Crippen LogP contribution in [0.2, 0.25) is 0 Å². The van der Waals surface area contributed by atoms with Crippen molar-refractivity contribution < 1.29 is 4.79 Å². The molecule has 0 aromatic heterocycles. The Kier molecular flexibility index (Phi) is 3.90. The van der Waals surface area contributed by atoms with Gasteiger partial charge in [0, 0.05) is 9.89 Å². The van der Waals surface area contributed by atoms with E-state index in [1.165, 1.54) is 0 Å². The first kappa shape index (κ1) is 11.9. The number of rotatable bonds is 3. The lowest BCUT2D eigenvalue weighted by Gasteiger charge is -2.22. The van der Waals surface area contributed by atoms with Gasteiger partial charge in [-0.15, -0.1) is 0 Å². The minimum Gasteiger partial charge on any atom is -0.298 e. The number of benzene rings is 1. The lowest BCUT2D eigenvalue weighted by Crippen LogP contribution is -2.29. The summed E-state index contributed by atoms with van der Waals surface area (Å²) in [6.45, 7) is 3.89. The molecule has 1 aromatic rings. The van der Waals surface area contributed by atoms with Gasteiger partial charge in [-0.05, 0) is 31.5 Å². The van der Waals surface area contributed by atoms with E-state index >= 15 is 0 Å². The number of carbonyl (C=O) groups excluding carboxylic acids is 1. The van der Waals surface area contributed by atoms with E-state index in [1.54, 1.807) is 0 Å². The number of hydrogen-bond acceptors (Lipinski definition) is 1. The summed E-state index contributed by atoms with van der Waals surface area (Å²) in [7, 11) is 0. The SMILES string of the molecule is CC(C)(C(=O)CBr)c1ccc(Br)cc1. The highest BCUT2D eigenvalue weighted by Gasteiger charge is 2.28. The van der Waals surface area contributed by atoms with Crippen LogP contribution in [-0.4, -0.2) is 11.1 Å². The van der Waals surface area contributed by atoms with Gasteiger partial charge in [0.15, 0.2) is 5.78 Å². The molecule has 0 N–H and O–H groups in total. The number of Topliss-reactive ketones (excluding diaryl/α,β-unsaturated/α-hetero) is 1. The van der Waals surface area contributed by atoms with E-state index in [9.17, 15) is 4.79 Å². The summed E-state index contributed by atoms with van der Waals surface area (Å²) < 4.78 is 1.03.